The number of aromatic nitrogens is 3. The zero-order chi connectivity index (χ0) is 17.5. The first-order valence-electron chi connectivity index (χ1n) is 8.08. The highest BCUT2D eigenvalue weighted by Crippen LogP contribution is 2.02. The molecule has 2 heterocycles. The van der Waals surface area contributed by atoms with Crippen LogP contribution in [0.5, 0.6) is 0 Å². The summed E-state index contributed by atoms with van der Waals surface area (Å²) in [5.74, 6) is 0.379. The molecule has 0 saturated heterocycles. The minimum Gasteiger partial charge on any atom is -0.354 e. The molecule has 0 radical (unpaired) electrons. The zero-order valence-corrected chi connectivity index (χ0v) is 13.7. The van der Waals surface area contributed by atoms with Gasteiger partial charge in [0.2, 0.25) is 11.8 Å². The van der Waals surface area contributed by atoms with Crippen LogP contribution in [0.15, 0.2) is 54.7 Å². The average Bonchev–Trinajstić information content (AvgIpc) is 3.04. The highest BCUT2D eigenvalue weighted by Gasteiger charge is 2.08. The summed E-state index contributed by atoms with van der Waals surface area (Å²) in [6.45, 7) is 0.398. The number of benzene rings is 1. The summed E-state index contributed by atoms with van der Waals surface area (Å²) in [7, 11) is 0. The maximum atomic E-state index is 11.8. The van der Waals surface area contributed by atoms with E-state index in [0.717, 1.165) is 17.0 Å². The fourth-order valence-corrected chi connectivity index (χ4v) is 2.46. The second kappa shape index (κ2) is 8.05. The Kier molecular flexibility index (Phi) is 5.36. The van der Waals surface area contributed by atoms with Gasteiger partial charge < -0.3 is 10.6 Å². The molecule has 2 amide bonds. The van der Waals surface area contributed by atoms with E-state index in [1.165, 1.54) is 0 Å². The fourth-order valence-electron chi connectivity index (χ4n) is 2.46. The number of amides is 2. The van der Waals surface area contributed by atoms with Gasteiger partial charge in [-0.2, -0.15) is 0 Å². The Balaban J connectivity index is 1.39. The van der Waals surface area contributed by atoms with E-state index in [2.05, 4.69) is 20.8 Å². The van der Waals surface area contributed by atoms with Crippen LogP contribution in [0, 0.1) is 0 Å². The molecule has 25 heavy (non-hydrogen) atoms. The number of carbonyl (C=O) groups excluding carboxylic acids is 2. The second-order valence-corrected chi connectivity index (χ2v) is 5.58. The van der Waals surface area contributed by atoms with Crippen LogP contribution in [0.3, 0.4) is 0 Å². The number of hydrogen-bond donors (Lipinski definition) is 2. The molecule has 3 aromatic rings. The van der Waals surface area contributed by atoms with Crippen molar-refractivity contribution in [3.8, 4) is 0 Å². The number of rotatable bonds is 7. The first kappa shape index (κ1) is 16.6. The number of pyridine rings is 1. The predicted molar refractivity (Wildman–Crippen MR) is 92.9 cm³/mol. The van der Waals surface area contributed by atoms with Gasteiger partial charge in [0, 0.05) is 19.2 Å². The van der Waals surface area contributed by atoms with Gasteiger partial charge in [0.1, 0.15) is 5.82 Å². The first-order chi connectivity index (χ1) is 12.2. The largest absolute Gasteiger partial charge is 0.354 e. The van der Waals surface area contributed by atoms with Crippen LogP contribution >= 0.6 is 0 Å². The Morgan fingerprint density at radius 3 is 2.56 bits per heavy atom. The number of carbonyl (C=O) groups is 2. The highest BCUT2D eigenvalue weighted by molar-refractivity contribution is 5.85. The Bertz CT molecular complexity index is 860. The molecule has 0 bridgehead atoms. The molecule has 0 spiro atoms. The molecular formula is C18H19N5O2. The summed E-state index contributed by atoms with van der Waals surface area (Å²) >= 11 is 0. The Labute approximate surface area is 145 Å². The molecule has 0 aliphatic carbocycles. The van der Waals surface area contributed by atoms with Gasteiger partial charge in [0.15, 0.2) is 5.65 Å². The molecule has 7 heteroatoms. The van der Waals surface area contributed by atoms with Crippen molar-refractivity contribution in [2.45, 2.75) is 12.8 Å². The van der Waals surface area contributed by atoms with E-state index in [1.54, 1.807) is 0 Å². The molecule has 2 N–H and O–H groups in total. The molecule has 0 aliphatic heterocycles. The number of nitrogens with one attached hydrogen (secondary N) is 2. The molecule has 2 aromatic heterocycles. The van der Waals surface area contributed by atoms with Crippen molar-refractivity contribution in [1.82, 2.24) is 25.2 Å². The van der Waals surface area contributed by atoms with Crippen LogP contribution in [0.1, 0.15) is 11.4 Å². The van der Waals surface area contributed by atoms with E-state index in [4.69, 9.17) is 0 Å². The third-order valence-corrected chi connectivity index (χ3v) is 3.71. The minimum atomic E-state index is -0.227. The van der Waals surface area contributed by atoms with Crippen LogP contribution < -0.4 is 10.6 Å². The molecule has 7 nitrogen and oxygen atoms in total. The Morgan fingerprint density at radius 1 is 0.920 bits per heavy atom. The molecule has 0 saturated carbocycles. The highest BCUT2D eigenvalue weighted by atomic mass is 16.2. The lowest BCUT2D eigenvalue weighted by atomic mass is 10.1. The molecule has 0 atom stereocenters. The van der Waals surface area contributed by atoms with Gasteiger partial charge in [-0.05, 0) is 17.7 Å². The second-order valence-electron chi connectivity index (χ2n) is 5.58. The van der Waals surface area contributed by atoms with Crippen molar-refractivity contribution in [2.24, 2.45) is 0 Å². The van der Waals surface area contributed by atoms with E-state index >= 15 is 0 Å². The van der Waals surface area contributed by atoms with Crippen LogP contribution in [0.25, 0.3) is 5.65 Å². The van der Waals surface area contributed by atoms with Gasteiger partial charge in [-0.25, -0.2) is 0 Å². The monoisotopic (exact) mass is 337 g/mol. The molecule has 0 fully saturated rings. The van der Waals surface area contributed by atoms with Crippen molar-refractivity contribution in [2.75, 3.05) is 13.1 Å². The summed E-state index contributed by atoms with van der Waals surface area (Å²) in [6.07, 6.45) is 2.71. The van der Waals surface area contributed by atoms with E-state index in [9.17, 15) is 9.59 Å². The van der Waals surface area contributed by atoms with Gasteiger partial charge in [-0.1, -0.05) is 36.4 Å². The Hall–Kier alpha value is -3.22. The maximum Gasteiger partial charge on any atom is 0.239 e. The van der Waals surface area contributed by atoms with Gasteiger partial charge in [0.25, 0.3) is 0 Å². The van der Waals surface area contributed by atoms with Crippen LogP contribution in [-0.4, -0.2) is 39.5 Å². The quantitative estimate of drug-likeness (QED) is 0.666. The minimum absolute atomic E-state index is 0.0355. The normalized spacial score (nSPS) is 10.6. The van der Waals surface area contributed by atoms with Gasteiger partial charge in [-0.3, -0.25) is 14.0 Å². The third kappa shape index (κ3) is 4.63. The SMILES string of the molecule is O=C(CNC(=O)Cc1ccccc1)NCCc1nnc2ccccn12. The smallest absolute Gasteiger partial charge is 0.239 e. The summed E-state index contributed by atoms with van der Waals surface area (Å²) in [6, 6.07) is 15.1. The number of fused-ring (bicyclic) bond motifs is 1. The summed E-state index contributed by atoms with van der Waals surface area (Å²) < 4.78 is 1.88. The molecule has 3 rings (SSSR count). The number of hydrogen-bond acceptors (Lipinski definition) is 4. The lowest BCUT2D eigenvalue weighted by Gasteiger charge is -2.07. The number of nitrogens with zero attached hydrogens (tertiary/aromatic N) is 3. The average molecular weight is 337 g/mol. The topological polar surface area (TPSA) is 88.4 Å². The summed E-state index contributed by atoms with van der Waals surface area (Å²) in [4.78, 5) is 23.6. The van der Waals surface area contributed by atoms with Crippen molar-refractivity contribution in [3.63, 3.8) is 0 Å². The third-order valence-electron chi connectivity index (χ3n) is 3.71. The predicted octanol–water partition coefficient (Wildman–Crippen LogP) is 0.747. The molecule has 128 valence electrons. The summed E-state index contributed by atoms with van der Waals surface area (Å²) in [5, 5.41) is 13.6. The van der Waals surface area contributed by atoms with Gasteiger partial charge in [0.05, 0.1) is 13.0 Å². The van der Waals surface area contributed by atoms with E-state index in [0.29, 0.717) is 13.0 Å². The van der Waals surface area contributed by atoms with Crippen molar-refractivity contribution in [1.29, 1.82) is 0 Å². The summed E-state index contributed by atoms with van der Waals surface area (Å²) in [5.41, 5.74) is 1.69. The standard InChI is InChI=1S/C18H19N5O2/c24-17(12-14-6-2-1-3-7-14)20-13-18(25)19-10-9-16-22-21-15-8-4-5-11-23(15)16/h1-8,11H,9-10,12-13H2,(H,19,25)(H,20,24). The molecule has 0 aliphatic rings. The fraction of sp³-hybridized carbons (Fsp3) is 0.222. The molecular weight excluding hydrogens is 318 g/mol. The van der Waals surface area contributed by atoms with E-state index in [1.807, 2.05) is 59.1 Å². The molecule has 1 aromatic carbocycles. The zero-order valence-electron chi connectivity index (χ0n) is 13.7. The van der Waals surface area contributed by atoms with Crippen LogP contribution in [0.4, 0.5) is 0 Å². The van der Waals surface area contributed by atoms with Crippen LogP contribution in [0.2, 0.25) is 0 Å². The van der Waals surface area contributed by atoms with Gasteiger partial charge >= 0.3 is 0 Å². The van der Waals surface area contributed by atoms with Crippen LogP contribution in [-0.2, 0) is 22.4 Å². The van der Waals surface area contributed by atoms with Crippen molar-refractivity contribution in [3.05, 3.63) is 66.1 Å². The Morgan fingerprint density at radius 2 is 1.72 bits per heavy atom. The lowest BCUT2D eigenvalue weighted by Crippen LogP contribution is -2.38. The van der Waals surface area contributed by atoms with E-state index in [-0.39, 0.29) is 24.8 Å². The van der Waals surface area contributed by atoms with Crippen molar-refractivity contribution < 1.29 is 9.59 Å². The van der Waals surface area contributed by atoms with Crippen molar-refractivity contribution >= 4 is 17.5 Å². The molecule has 0 unspecified atom stereocenters. The van der Waals surface area contributed by atoms with E-state index < -0.39 is 0 Å². The first-order valence-corrected chi connectivity index (χ1v) is 8.08. The van der Waals surface area contributed by atoms with Gasteiger partial charge in [-0.15, -0.1) is 10.2 Å². The lowest BCUT2D eigenvalue weighted by molar-refractivity contribution is -0.125. The maximum absolute atomic E-state index is 11.8.